The van der Waals surface area contributed by atoms with Gasteiger partial charge in [-0.05, 0) is 31.9 Å². The summed E-state index contributed by atoms with van der Waals surface area (Å²) in [7, 11) is 0. The second kappa shape index (κ2) is 9.16. The number of amides is 2. The van der Waals surface area contributed by atoms with Crippen LogP contribution in [0.4, 0.5) is 4.79 Å². The number of ether oxygens (including phenoxy) is 2. The van der Waals surface area contributed by atoms with Crippen molar-refractivity contribution in [1.82, 2.24) is 9.80 Å². The van der Waals surface area contributed by atoms with Crippen LogP contribution in [0.5, 0.6) is 5.75 Å². The summed E-state index contributed by atoms with van der Waals surface area (Å²) in [6.07, 6.45) is 1.41. The molecule has 0 aromatic heterocycles. The first-order valence-electron chi connectivity index (χ1n) is 9.14. The number of piperidine rings is 1. The smallest absolute Gasteiger partial charge is 0.410 e. The summed E-state index contributed by atoms with van der Waals surface area (Å²) in [6.45, 7) is 4.59. The molecule has 7 heteroatoms. The lowest BCUT2D eigenvalue weighted by Crippen LogP contribution is -2.47. The van der Waals surface area contributed by atoms with Crippen molar-refractivity contribution in [2.75, 3.05) is 37.7 Å². The molecule has 1 atom stereocenters. The Kier molecular flexibility index (Phi) is 6.66. The number of hydrogen-bond acceptors (Lipinski definition) is 5. The van der Waals surface area contributed by atoms with E-state index in [9.17, 15) is 9.59 Å². The van der Waals surface area contributed by atoms with Crippen LogP contribution in [0.15, 0.2) is 30.3 Å². The quantitative estimate of drug-likeness (QED) is 0.683. The summed E-state index contributed by atoms with van der Waals surface area (Å²) in [5, 5.41) is 0. The van der Waals surface area contributed by atoms with E-state index in [2.05, 4.69) is 0 Å². The predicted molar refractivity (Wildman–Crippen MR) is 102 cm³/mol. The third-order valence-electron chi connectivity index (χ3n) is 4.71. The number of cyclic esters (lactones) is 1. The molecule has 26 heavy (non-hydrogen) atoms. The second-order valence-corrected chi connectivity index (χ2v) is 7.78. The Labute approximate surface area is 158 Å². The fourth-order valence-corrected chi connectivity index (χ4v) is 4.04. The average Bonchev–Trinajstić information content (AvgIpc) is 3.00. The minimum atomic E-state index is -0.212. The van der Waals surface area contributed by atoms with Crippen molar-refractivity contribution in [3.05, 3.63) is 30.3 Å². The van der Waals surface area contributed by atoms with Crippen LogP contribution >= 0.6 is 11.8 Å². The highest BCUT2D eigenvalue weighted by Crippen LogP contribution is 2.22. The number of rotatable bonds is 7. The van der Waals surface area contributed by atoms with Crippen molar-refractivity contribution in [3.8, 4) is 5.75 Å². The summed E-state index contributed by atoms with van der Waals surface area (Å²) in [4.78, 5) is 27.9. The monoisotopic (exact) mass is 378 g/mol. The fraction of sp³-hybridized carbons (Fsp3) is 0.579. The molecule has 1 unspecified atom stereocenters. The van der Waals surface area contributed by atoms with Gasteiger partial charge in [0.15, 0.2) is 0 Å². The fourth-order valence-electron chi connectivity index (χ4n) is 3.34. The molecule has 0 saturated carbocycles. The molecule has 0 aliphatic carbocycles. The van der Waals surface area contributed by atoms with Gasteiger partial charge in [0.1, 0.15) is 11.9 Å². The van der Waals surface area contributed by atoms with E-state index in [-0.39, 0.29) is 24.1 Å². The maximum Gasteiger partial charge on any atom is 0.410 e. The summed E-state index contributed by atoms with van der Waals surface area (Å²) < 4.78 is 10.8. The Hall–Kier alpha value is -1.89. The van der Waals surface area contributed by atoms with Crippen LogP contribution < -0.4 is 4.74 Å². The summed E-state index contributed by atoms with van der Waals surface area (Å²) in [6, 6.07) is 9.89. The molecule has 2 aliphatic heterocycles. The molecule has 142 valence electrons. The first kappa shape index (κ1) is 18.9. The van der Waals surface area contributed by atoms with E-state index in [0.29, 0.717) is 32.0 Å². The number of hydrogen-bond donors (Lipinski definition) is 0. The van der Waals surface area contributed by atoms with Crippen LogP contribution in [-0.2, 0) is 9.53 Å². The molecular formula is C19H26N2O4S. The topological polar surface area (TPSA) is 59.1 Å². The molecule has 0 bridgehead atoms. The van der Waals surface area contributed by atoms with Gasteiger partial charge in [-0.3, -0.25) is 4.79 Å². The molecule has 3 rings (SSSR count). The van der Waals surface area contributed by atoms with Gasteiger partial charge in [0.2, 0.25) is 5.91 Å². The van der Waals surface area contributed by atoms with E-state index >= 15 is 0 Å². The number of para-hydroxylation sites is 1. The zero-order valence-electron chi connectivity index (χ0n) is 15.1. The molecule has 1 aromatic rings. The number of thioether (sulfide) groups is 1. The normalized spacial score (nSPS) is 21.0. The van der Waals surface area contributed by atoms with Crippen LogP contribution in [0, 0.1) is 0 Å². The predicted octanol–water partition coefficient (Wildman–Crippen LogP) is 2.63. The van der Waals surface area contributed by atoms with Crippen LogP contribution in [0.3, 0.4) is 0 Å². The lowest BCUT2D eigenvalue weighted by molar-refractivity contribution is -0.129. The van der Waals surface area contributed by atoms with Crippen LogP contribution in [0.1, 0.15) is 19.8 Å². The third kappa shape index (κ3) is 5.06. The van der Waals surface area contributed by atoms with Gasteiger partial charge >= 0.3 is 6.09 Å². The van der Waals surface area contributed by atoms with Gasteiger partial charge in [0, 0.05) is 24.9 Å². The Morgan fingerprint density at radius 2 is 2.00 bits per heavy atom. The highest BCUT2D eigenvalue weighted by atomic mass is 32.2. The van der Waals surface area contributed by atoms with E-state index < -0.39 is 0 Å². The largest absolute Gasteiger partial charge is 0.493 e. The molecule has 1 aromatic carbocycles. The van der Waals surface area contributed by atoms with Crippen molar-refractivity contribution in [1.29, 1.82) is 0 Å². The van der Waals surface area contributed by atoms with Crippen molar-refractivity contribution < 1.29 is 19.1 Å². The summed E-state index contributed by atoms with van der Waals surface area (Å²) in [5.74, 6) is 2.29. The zero-order chi connectivity index (χ0) is 18.4. The lowest BCUT2D eigenvalue weighted by Gasteiger charge is -2.35. The third-order valence-corrected chi connectivity index (χ3v) is 5.62. The van der Waals surface area contributed by atoms with E-state index in [4.69, 9.17) is 9.47 Å². The van der Waals surface area contributed by atoms with Gasteiger partial charge in [0.05, 0.1) is 18.9 Å². The van der Waals surface area contributed by atoms with Crippen LogP contribution in [0.2, 0.25) is 0 Å². The van der Waals surface area contributed by atoms with Crippen LogP contribution in [-0.4, -0.2) is 71.7 Å². The van der Waals surface area contributed by atoms with Crippen molar-refractivity contribution in [2.24, 2.45) is 0 Å². The minimum absolute atomic E-state index is 0.0309. The van der Waals surface area contributed by atoms with Gasteiger partial charge in [-0.15, -0.1) is 11.8 Å². The molecule has 2 aliphatic rings. The first-order valence-corrected chi connectivity index (χ1v) is 10.3. The van der Waals surface area contributed by atoms with E-state index in [1.807, 2.05) is 47.1 Å². The van der Waals surface area contributed by atoms with Crippen molar-refractivity contribution >= 4 is 23.8 Å². The van der Waals surface area contributed by atoms with E-state index in [1.54, 1.807) is 11.8 Å². The standard InChI is InChI=1S/C19H26N2O4S/c1-15-13-21(19(23)25-15)16-7-9-20(10-8-16)18(22)14-26-12-11-24-17-5-3-2-4-6-17/h2-6,15-16H,7-14H2,1H3. The molecule has 2 heterocycles. The molecule has 0 N–H and O–H groups in total. The molecule has 2 saturated heterocycles. The average molecular weight is 378 g/mol. The van der Waals surface area contributed by atoms with Gasteiger partial charge in [0.25, 0.3) is 0 Å². The lowest BCUT2D eigenvalue weighted by atomic mass is 10.0. The number of carbonyl (C=O) groups excluding carboxylic acids is 2. The Bertz CT molecular complexity index is 605. The molecule has 0 spiro atoms. The molecular weight excluding hydrogens is 352 g/mol. The van der Waals surface area contributed by atoms with Gasteiger partial charge < -0.3 is 19.3 Å². The molecule has 0 radical (unpaired) electrons. The summed E-state index contributed by atoms with van der Waals surface area (Å²) in [5.41, 5.74) is 0. The molecule has 2 amide bonds. The second-order valence-electron chi connectivity index (χ2n) is 6.67. The number of nitrogens with zero attached hydrogens (tertiary/aromatic N) is 2. The van der Waals surface area contributed by atoms with E-state index in [0.717, 1.165) is 24.3 Å². The number of likely N-dealkylation sites (tertiary alicyclic amines) is 1. The van der Waals surface area contributed by atoms with Crippen molar-refractivity contribution in [3.63, 3.8) is 0 Å². The van der Waals surface area contributed by atoms with Crippen LogP contribution in [0.25, 0.3) is 0 Å². The summed E-state index contributed by atoms with van der Waals surface area (Å²) >= 11 is 1.60. The van der Waals surface area contributed by atoms with E-state index in [1.165, 1.54) is 0 Å². The maximum atomic E-state index is 12.3. The van der Waals surface area contributed by atoms with Gasteiger partial charge in [-0.2, -0.15) is 0 Å². The highest BCUT2D eigenvalue weighted by molar-refractivity contribution is 7.99. The maximum absolute atomic E-state index is 12.3. The SMILES string of the molecule is CC1CN(C2CCN(C(=O)CSCCOc3ccccc3)CC2)C(=O)O1. The first-order chi connectivity index (χ1) is 12.6. The minimum Gasteiger partial charge on any atom is -0.493 e. The highest BCUT2D eigenvalue weighted by Gasteiger charge is 2.36. The van der Waals surface area contributed by atoms with Crippen molar-refractivity contribution in [2.45, 2.75) is 31.9 Å². The Morgan fingerprint density at radius 1 is 1.27 bits per heavy atom. The Morgan fingerprint density at radius 3 is 2.65 bits per heavy atom. The van der Waals surface area contributed by atoms with Gasteiger partial charge in [-0.1, -0.05) is 18.2 Å². The molecule has 6 nitrogen and oxygen atoms in total. The number of carbonyl (C=O) groups is 2. The zero-order valence-corrected chi connectivity index (χ0v) is 16.0. The van der Waals surface area contributed by atoms with Gasteiger partial charge in [-0.25, -0.2) is 4.79 Å². The number of benzene rings is 1. The Balaban J connectivity index is 1.30. The molecule has 2 fully saturated rings.